The highest BCUT2D eigenvalue weighted by molar-refractivity contribution is 5.85. The van der Waals surface area contributed by atoms with E-state index in [2.05, 4.69) is 34.9 Å². The molecule has 0 saturated carbocycles. The second-order valence-electron chi connectivity index (χ2n) is 11.0. The predicted octanol–water partition coefficient (Wildman–Crippen LogP) is 5.89. The molecule has 3 N–H and O–H groups in total. The lowest BCUT2D eigenvalue weighted by molar-refractivity contribution is -0.147. The van der Waals surface area contributed by atoms with Crippen LogP contribution in [0.2, 0.25) is 0 Å². The van der Waals surface area contributed by atoms with Gasteiger partial charge in [0.1, 0.15) is 6.61 Å². The second-order valence-corrected chi connectivity index (χ2v) is 11.0. The Kier molecular flexibility index (Phi) is 10.7. The van der Waals surface area contributed by atoms with Crippen LogP contribution in [0.15, 0.2) is 78.9 Å². The third kappa shape index (κ3) is 7.97. The van der Waals surface area contributed by atoms with Gasteiger partial charge in [-0.2, -0.15) is 0 Å². The van der Waals surface area contributed by atoms with Gasteiger partial charge in [0.25, 0.3) is 0 Å². The van der Waals surface area contributed by atoms with E-state index in [-0.39, 0.29) is 31.1 Å². The summed E-state index contributed by atoms with van der Waals surface area (Å²) in [5.41, 5.74) is 5.60. The Balaban J connectivity index is 1.17. The first kappa shape index (κ1) is 30.8. The average molecular weight is 573 g/mol. The first-order chi connectivity index (χ1) is 20.2. The highest BCUT2D eigenvalue weighted by atomic mass is 16.5. The lowest BCUT2D eigenvalue weighted by Crippen LogP contribution is -2.50. The number of alkyl carbamates (subject to hydrolysis) is 1. The van der Waals surface area contributed by atoms with E-state index >= 15 is 0 Å². The molecule has 0 bridgehead atoms. The minimum absolute atomic E-state index is 0.00102. The zero-order valence-electron chi connectivity index (χ0n) is 24.4. The van der Waals surface area contributed by atoms with Crippen LogP contribution in [0.1, 0.15) is 62.6 Å². The topological polar surface area (TPSA) is 114 Å². The summed E-state index contributed by atoms with van der Waals surface area (Å²) >= 11 is 0. The van der Waals surface area contributed by atoms with E-state index in [1.165, 1.54) is 11.1 Å². The van der Waals surface area contributed by atoms with Gasteiger partial charge >= 0.3 is 12.1 Å². The molecule has 1 aliphatic rings. The highest BCUT2D eigenvalue weighted by Crippen LogP contribution is 2.44. The fourth-order valence-corrected chi connectivity index (χ4v) is 5.35. The van der Waals surface area contributed by atoms with Gasteiger partial charge in [-0.05, 0) is 54.5 Å². The Labute approximate surface area is 247 Å². The number of amides is 2. The minimum Gasteiger partial charge on any atom is -0.480 e. The summed E-state index contributed by atoms with van der Waals surface area (Å²) in [5, 5.41) is 15.2. The van der Waals surface area contributed by atoms with E-state index in [0.29, 0.717) is 19.3 Å². The molecule has 8 heteroatoms. The molecule has 42 heavy (non-hydrogen) atoms. The largest absolute Gasteiger partial charge is 0.480 e. The third-order valence-corrected chi connectivity index (χ3v) is 7.82. The maximum Gasteiger partial charge on any atom is 0.407 e. The van der Waals surface area contributed by atoms with Crippen LogP contribution in [-0.2, 0) is 25.7 Å². The number of carbonyl (C=O) groups excluding carboxylic acids is 2. The summed E-state index contributed by atoms with van der Waals surface area (Å²) in [5.74, 6) is -1.87. The van der Waals surface area contributed by atoms with E-state index in [1.54, 1.807) is 13.8 Å². The summed E-state index contributed by atoms with van der Waals surface area (Å²) in [4.78, 5) is 37.2. The standard InChI is InChI=1S/C34H40N2O6/c1-22(32(37)36-31(33(38)39)24(3)41-20-25-14-5-4-6-15-25)12-11-13-23(2)35-34(40)42-21-30-28-18-9-7-16-26(28)27-17-8-10-19-29(27)30/h4-10,14-19,22-24,30-31H,11-13,20-21H2,1-3H3,(H,35,40)(H,36,37)(H,38,39). The number of aliphatic carboxylic acids is 1. The molecule has 3 aromatic carbocycles. The lowest BCUT2D eigenvalue weighted by atomic mass is 9.98. The van der Waals surface area contributed by atoms with Crippen LogP contribution in [0.4, 0.5) is 4.79 Å². The number of ether oxygens (including phenoxy) is 2. The molecule has 4 atom stereocenters. The van der Waals surface area contributed by atoms with Crippen LogP contribution in [0, 0.1) is 5.92 Å². The first-order valence-corrected chi connectivity index (χ1v) is 14.5. The van der Waals surface area contributed by atoms with Crippen LogP contribution in [0.5, 0.6) is 0 Å². The summed E-state index contributed by atoms with van der Waals surface area (Å²) in [7, 11) is 0. The van der Waals surface area contributed by atoms with Crippen molar-refractivity contribution < 1.29 is 29.0 Å². The van der Waals surface area contributed by atoms with Crippen molar-refractivity contribution in [1.82, 2.24) is 10.6 Å². The molecule has 2 amide bonds. The molecular formula is C34H40N2O6. The molecule has 1 aliphatic carbocycles. The molecule has 0 aliphatic heterocycles. The van der Waals surface area contributed by atoms with Crippen molar-refractivity contribution in [2.75, 3.05) is 6.61 Å². The highest BCUT2D eigenvalue weighted by Gasteiger charge is 2.30. The fraction of sp³-hybridized carbons (Fsp3) is 0.382. The van der Waals surface area contributed by atoms with Crippen LogP contribution >= 0.6 is 0 Å². The Morgan fingerprint density at radius 2 is 1.40 bits per heavy atom. The Bertz CT molecular complexity index is 1320. The van der Waals surface area contributed by atoms with Crippen LogP contribution < -0.4 is 10.6 Å². The molecule has 8 nitrogen and oxygen atoms in total. The number of carboxylic acids is 1. The monoisotopic (exact) mass is 572 g/mol. The normalized spacial score (nSPS) is 15.0. The van der Waals surface area contributed by atoms with Crippen molar-refractivity contribution in [3.05, 3.63) is 95.6 Å². The SMILES string of the molecule is CC(CCCC(C)C(=O)NC(C(=O)O)C(C)OCc1ccccc1)NC(=O)OCC1c2ccccc2-c2ccccc21. The van der Waals surface area contributed by atoms with Crippen LogP contribution in [0.25, 0.3) is 11.1 Å². The predicted molar refractivity (Wildman–Crippen MR) is 161 cm³/mol. The van der Waals surface area contributed by atoms with Crippen LogP contribution in [0.3, 0.4) is 0 Å². The number of carbonyl (C=O) groups is 3. The molecule has 0 saturated heterocycles. The smallest absolute Gasteiger partial charge is 0.407 e. The van der Waals surface area contributed by atoms with E-state index in [9.17, 15) is 19.5 Å². The molecule has 0 aromatic heterocycles. The zero-order valence-corrected chi connectivity index (χ0v) is 24.4. The van der Waals surface area contributed by atoms with Crippen LogP contribution in [-0.4, -0.2) is 47.9 Å². The fourth-order valence-electron chi connectivity index (χ4n) is 5.35. The summed E-state index contributed by atoms with van der Waals surface area (Å²) < 4.78 is 11.4. The summed E-state index contributed by atoms with van der Waals surface area (Å²) in [6.07, 6.45) is 0.704. The quantitative estimate of drug-likeness (QED) is 0.222. The van der Waals surface area contributed by atoms with Crippen molar-refractivity contribution in [2.45, 2.75) is 70.7 Å². The number of hydrogen-bond donors (Lipinski definition) is 3. The molecule has 0 heterocycles. The number of rotatable bonds is 14. The Hall–Kier alpha value is -4.17. The van der Waals surface area contributed by atoms with Crippen molar-refractivity contribution in [1.29, 1.82) is 0 Å². The summed E-state index contributed by atoms with van der Waals surface area (Å²) in [6.45, 7) is 5.82. The molecule has 4 unspecified atom stereocenters. The maximum absolute atomic E-state index is 12.8. The van der Waals surface area contributed by atoms with Crippen molar-refractivity contribution in [3.8, 4) is 11.1 Å². The zero-order chi connectivity index (χ0) is 30.1. The van der Waals surface area contributed by atoms with Gasteiger partial charge in [-0.15, -0.1) is 0 Å². The molecule has 3 aromatic rings. The minimum atomic E-state index is -1.15. The molecule has 0 radical (unpaired) electrons. The van der Waals surface area contributed by atoms with Crippen molar-refractivity contribution >= 4 is 18.0 Å². The molecular weight excluding hydrogens is 532 g/mol. The Morgan fingerprint density at radius 1 is 0.810 bits per heavy atom. The average Bonchev–Trinajstić information content (AvgIpc) is 3.31. The number of fused-ring (bicyclic) bond motifs is 3. The van der Waals surface area contributed by atoms with Gasteiger partial charge in [-0.25, -0.2) is 9.59 Å². The van der Waals surface area contributed by atoms with Gasteiger partial charge < -0.3 is 25.2 Å². The van der Waals surface area contributed by atoms with Gasteiger partial charge in [0.2, 0.25) is 5.91 Å². The van der Waals surface area contributed by atoms with Crippen molar-refractivity contribution in [2.24, 2.45) is 5.92 Å². The van der Waals surface area contributed by atoms with Gasteiger partial charge in [-0.1, -0.05) is 92.2 Å². The van der Waals surface area contributed by atoms with Gasteiger partial charge in [-0.3, -0.25) is 4.79 Å². The number of benzene rings is 3. The first-order valence-electron chi connectivity index (χ1n) is 14.5. The lowest BCUT2D eigenvalue weighted by Gasteiger charge is -2.24. The van der Waals surface area contributed by atoms with Gasteiger partial charge in [0, 0.05) is 17.9 Å². The Morgan fingerprint density at radius 3 is 2.02 bits per heavy atom. The maximum atomic E-state index is 12.8. The van der Waals surface area contributed by atoms with Gasteiger partial charge in [0.15, 0.2) is 6.04 Å². The van der Waals surface area contributed by atoms with E-state index in [4.69, 9.17) is 9.47 Å². The summed E-state index contributed by atoms with van der Waals surface area (Å²) in [6, 6.07) is 24.6. The second kappa shape index (κ2) is 14.6. The number of hydrogen-bond acceptors (Lipinski definition) is 5. The number of carboxylic acid groups (broad SMARTS) is 1. The van der Waals surface area contributed by atoms with E-state index in [1.807, 2.05) is 61.5 Å². The van der Waals surface area contributed by atoms with E-state index in [0.717, 1.165) is 16.7 Å². The molecule has 4 rings (SSSR count). The molecule has 0 spiro atoms. The van der Waals surface area contributed by atoms with E-state index < -0.39 is 30.1 Å². The molecule has 0 fully saturated rings. The van der Waals surface area contributed by atoms with Gasteiger partial charge in [0.05, 0.1) is 12.7 Å². The molecule has 222 valence electrons. The number of nitrogens with one attached hydrogen (secondary N) is 2. The third-order valence-electron chi connectivity index (χ3n) is 7.82. The van der Waals surface area contributed by atoms with Crippen molar-refractivity contribution in [3.63, 3.8) is 0 Å².